The molecule has 0 aliphatic rings. The van der Waals surface area contributed by atoms with Crippen LogP contribution in [0.1, 0.15) is 10.4 Å². The van der Waals surface area contributed by atoms with Crippen LogP contribution in [0, 0.1) is 0 Å². The van der Waals surface area contributed by atoms with Crippen LogP contribution in [0.2, 0.25) is 0 Å². The number of fused-ring (bicyclic) bond motifs is 2. The monoisotopic (exact) mass is 265 g/mol. The normalized spacial score (nSPS) is 10.9. The van der Waals surface area contributed by atoms with Gasteiger partial charge < -0.3 is 10.6 Å². The van der Waals surface area contributed by atoms with Gasteiger partial charge in [-0.25, -0.2) is 4.98 Å². The van der Waals surface area contributed by atoms with Crippen LogP contribution >= 0.6 is 0 Å². The maximum absolute atomic E-state index is 11.5. The lowest BCUT2D eigenvalue weighted by Crippen LogP contribution is -2.12. The molecule has 0 bridgehead atoms. The summed E-state index contributed by atoms with van der Waals surface area (Å²) >= 11 is 0. The Morgan fingerprint density at radius 3 is 2.60 bits per heavy atom. The molecule has 1 amide bonds. The molecule has 0 spiro atoms. The lowest BCUT2D eigenvalue weighted by Gasteiger charge is -2.13. The van der Waals surface area contributed by atoms with Gasteiger partial charge in [-0.2, -0.15) is 0 Å². The highest BCUT2D eigenvalue weighted by Crippen LogP contribution is 2.25. The van der Waals surface area contributed by atoms with Gasteiger partial charge in [0.2, 0.25) is 0 Å². The molecule has 0 atom stereocenters. The van der Waals surface area contributed by atoms with Crippen LogP contribution in [-0.4, -0.2) is 25.0 Å². The first-order valence-corrected chi connectivity index (χ1v) is 6.37. The number of amides is 1. The summed E-state index contributed by atoms with van der Waals surface area (Å²) in [4.78, 5) is 18.1. The Bertz CT molecular complexity index is 824. The average Bonchev–Trinajstić information content (AvgIpc) is 2.43. The molecule has 2 aromatic carbocycles. The van der Waals surface area contributed by atoms with Gasteiger partial charge in [0, 0.05) is 30.6 Å². The number of benzene rings is 2. The van der Waals surface area contributed by atoms with Gasteiger partial charge in [0.1, 0.15) is 0 Å². The number of nitrogens with zero attached hydrogens (tertiary/aromatic N) is 2. The largest absolute Gasteiger partial charge is 0.378 e. The van der Waals surface area contributed by atoms with E-state index in [1.165, 1.54) is 0 Å². The van der Waals surface area contributed by atoms with E-state index in [0.29, 0.717) is 11.1 Å². The van der Waals surface area contributed by atoms with Crippen molar-refractivity contribution < 1.29 is 4.79 Å². The molecule has 100 valence electrons. The Morgan fingerprint density at radius 2 is 1.90 bits per heavy atom. The maximum Gasteiger partial charge on any atom is 0.250 e. The molecule has 0 radical (unpaired) electrons. The first-order valence-electron chi connectivity index (χ1n) is 6.37. The molecule has 4 heteroatoms. The summed E-state index contributed by atoms with van der Waals surface area (Å²) in [6, 6.07) is 13.6. The molecule has 0 saturated heterocycles. The van der Waals surface area contributed by atoms with Crippen LogP contribution in [0.15, 0.2) is 42.5 Å². The van der Waals surface area contributed by atoms with Gasteiger partial charge >= 0.3 is 0 Å². The summed E-state index contributed by atoms with van der Waals surface area (Å²) in [5.74, 6) is -0.453. The second-order valence-corrected chi connectivity index (χ2v) is 5.00. The Hall–Kier alpha value is -2.62. The molecule has 2 N–H and O–H groups in total. The second kappa shape index (κ2) is 4.49. The SMILES string of the molecule is CN(C)c1ccc2cc3cccc(C(N)=O)c3nc2c1. The zero-order valence-electron chi connectivity index (χ0n) is 11.4. The fourth-order valence-corrected chi connectivity index (χ4v) is 2.32. The molecule has 0 saturated carbocycles. The number of rotatable bonds is 2. The number of carbonyl (C=O) groups excluding carboxylic acids is 1. The van der Waals surface area contributed by atoms with Gasteiger partial charge in [-0.15, -0.1) is 0 Å². The third kappa shape index (κ3) is 1.95. The Balaban J connectivity index is 2.36. The standard InChI is InChI=1S/C16H15N3O/c1-19(2)12-7-6-10-8-11-4-3-5-13(16(17)20)15(11)18-14(10)9-12/h3-9H,1-2H3,(H2,17,20). The lowest BCUT2D eigenvalue weighted by atomic mass is 10.1. The number of primary amides is 1. The number of carbonyl (C=O) groups is 1. The van der Waals surface area contributed by atoms with Gasteiger partial charge in [-0.1, -0.05) is 18.2 Å². The van der Waals surface area contributed by atoms with Crippen LogP contribution in [0.5, 0.6) is 0 Å². The number of hydrogen-bond donors (Lipinski definition) is 1. The van der Waals surface area contributed by atoms with Crippen molar-refractivity contribution >= 4 is 33.4 Å². The Labute approximate surface area is 116 Å². The van der Waals surface area contributed by atoms with Crippen LogP contribution in [0.4, 0.5) is 5.69 Å². The van der Waals surface area contributed by atoms with E-state index in [1.54, 1.807) is 6.07 Å². The van der Waals surface area contributed by atoms with Crippen molar-refractivity contribution in [2.24, 2.45) is 5.73 Å². The van der Waals surface area contributed by atoms with Crippen molar-refractivity contribution in [3.63, 3.8) is 0 Å². The third-order valence-corrected chi connectivity index (χ3v) is 3.41. The number of hydrogen-bond acceptors (Lipinski definition) is 3. The zero-order chi connectivity index (χ0) is 14.3. The number of aromatic nitrogens is 1. The highest BCUT2D eigenvalue weighted by Gasteiger charge is 2.09. The van der Waals surface area contributed by atoms with Crippen molar-refractivity contribution in [1.82, 2.24) is 4.98 Å². The maximum atomic E-state index is 11.5. The van der Waals surface area contributed by atoms with Crippen molar-refractivity contribution in [2.75, 3.05) is 19.0 Å². The highest BCUT2D eigenvalue weighted by atomic mass is 16.1. The summed E-state index contributed by atoms with van der Waals surface area (Å²) in [5, 5.41) is 1.97. The number of para-hydroxylation sites is 1. The summed E-state index contributed by atoms with van der Waals surface area (Å²) < 4.78 is 0. The first-order chi connectivity index (χ1) is 9.56. The first kappa shape index (κ1) is 12.4. The van der Waals surface area contributed by atoms with Crippen LogP contribution < -0.4 is 10.6 Å². The van der Waals surface area contributed by atoms with E-state index in [-0.39, 0.29) is 0 Å². The lowest BCUT2D eigenvalue weighted by molar-refractivity contribution is 0.100. The van der Waals surface area contributed by atoms with E-state index in [9.17, 15) is 4.79 Å². The molecule has 3 rings (SSSR count). The number of anilines is 1. The smallest absolute Gasteiger partial charge is 0.250 e. The Kier molecular flexibility index (Phi) is 2.79. The summed E-state index contributed by atoms with van der Waals surface area (Å²) in [6.07, 6.45) is 0. The quantitative estimate of drug-likeness (QED) is 0.724. The number of nitrogens with two attached hydrogens (primary N) is 1. The molecule has 0 aliphatic carbocycles. The van der Waals surface area contributed by atoms with Crippen molar-refractivity contribution in [2.45, 2.75) is 0 Å². The third-order valence-electron chi connectivity index (χ3n) is 3.41. The second-order valence-electron chi connectivity index (χ2n) is 5.00. The van der Waals surface area contributed by atoms with E-state index >= 15 is 0 Å². The summed E-state index contributed by atoms with van der Waals surface area (Å²) in [5.41, 5.74) is 8.46. The molecular weight excluding hydrogens is 250 g/mol. The van der Waals surface area contributed by atoms with Gasteiger partial charge in [-0.3, -0.25) is 4.79 Å². The zero-order valence-corrected chi connectivity index (χ0v) is 11.4. The molecule has 0 aliphatic heterocycles. The summed E-state index contributed by atoms with van der Waals surface area (Å²) in [7, 11) is 3.97. The fourth-order valence-electron chi connectivity index (χ4n) is 2.32. The molecule has 3 aromatic rings. The minimum atomic E-state index is -0.453. The van der Waals surface area contributed by atoms with Crippen LogP contribution in [0.3, 0.4) is 0 Å². The van der Waals surface area contributed by atoms with Crippen molar-refractivity contribution in [3.05, 3.63) is 48.0 Å². The van der Waals surface area contributed by atoms with Crippen molar-refractivity contribution in [1.29, 1.82) is 0 Å². The molecule has 20 heavy (non-hydrogen) atoms. The number of pyridine rings is 1. The molecular formula is C16H15N3O. The predicted octanol–water partition coefficient (Wildman–Crippen LogP) is 2.55. The predicted molar refractivity (Wildman–Crippen MR) is 82.1 cm³/mol. The van der Waals surface area contributed by atoms with E-state index < -0.39 is 5.91 Å². The Morgan fingerprint density at radius 1 is 1.10 bits per heavy atom. The minimum Gasteiger partial charge on any atom is -0.378 e. The molecule has 4 nitrogen and oxygen atoms in total. The fraction of sp³-hybridized carbons (Fsp3) is 0.125. The molecule has 1 aromatic heterocycles. The van der Waals surface area contributed by atoms with Gasteiger partial charge in [-0.05, 0) is 24.3 Å². The van der Waals surface area contributed by atoms with E-state index in [4.69, 9.17) is 5.73 Å². The van der Waals surface area contributed by atoms with E-state index in [0.717, 1.165) is 22.0 Å². The average molecular weight is 265 g/mol. The topological polar surface area (TPSA) is 59.2 Å². The summed E-state index contributed by atoms with van der Waals surface area (Å²) in [6.45, 7) is 0. The minimum absolute atomic E-state index is 0.453. The van der Waals surface area contributed by atoms with Gasteiger partial charge in [0.15, 0.2) is 0 Å². The van der Waals surface area contributed by atoms with Gasteiger partial charge in [0.25, 0.3) is 5.91 Å². The molecule has 1 heterocycles. The van der Waals surface area contributed by atoms with Crippen molar-refractivity contribution in [3.8, 4) is 0 Å². The van der Waals surface area contributed by atoms with Crippen LogP contribution in [-0.2, 0) is 0 Å². The van der Waals surface area contributed by atoms with E-state index in [1.807, 2.05) is 55.4 Å². The van der Waals surface area contributed by atoms with E-state index in [2.05, 4.69) is 4.98 Å². The highest BCUT2D eigenvalue weighted by molar-refractivity contribution is 6.07. The van der Waals surface area contributed by atoms with Crippen LogP contribution in [0.25, 0.3) is 21.8 Å². The molecule has 0 unspecified atom stereocenters. The van der Waals surface area contributed by atoms with Gasteiger partial charge in [0.05, 0.1) is 16.6 Å². The molecule has 0 fully saturated rings.